The van der Waals surface area contributed by atoms with Gasteiger partial charge >= 0.3 is 0 Å². The van der Waals surface area contributed by atoms with Crippen molar-refractivity contribution in [3.8, 4) is 0 Å². The molecule has 0 radical (unpaired) electrons. The molecule has 68 valence electrons. The lowest BCUT2D eigenvalue weighted by Gasteiger charge is -2.04. The van der Waals surface area contributed by atoms with Crippen LogP contribution in [0.3, 0.4) is 0 Å². The average molecular weight is 171 g/mol. The van der Waals surface area contributed by atoms with E-state index in [1.165, 1.54) is 0 Å². The minimum atomic E-state index is 0.0233. The summed E-state index contributed by atoms with van der Waals surface area (Å²) in [5.41, 5.74) is 2.43. The van der Waals surface area contributed by atoms with Crippen LogP contribution in [0.5, 0.6) is 0 Å². The normalized spacial score (nSPS) is 37.6. The largest absolute Gasteiger partial charge is 0.381 e. The molecule has 0 aromatic carbocycles. The second kappa shape index (κ2) is 3.03. The SMILES string of the molecule is CCONC(=O)C1C2COCC21. The topological polar surface area (TPSA) is 47.6 Å². The molecule has 1 saturated carbocycles. The molecule has 4 heteroatoms. The van der Waals surface area contributed by atoms with Crippen LogP contribution in [0.4, 0.5) is 0 Å². The molecule has 1 heterocycles. The second-order valence-corrected chi connectivity index (χ2v) is 3.29. The first kappa shape index (κ1) is 8.01. The lowest BCUT2D eigenvalue weighted by Crippen LogP contribution is -2.27. The molecule has 4 nitrogen and oxygen atoms in total. The van der Waals surface area contributed by atoms with E-state index in [0.29, 0.717) is 18.4 Å². The quantitative estimate of drug-likeness (QED) is 0.605. The van der Waals surface area contributed by atoms with E-state index in [1.807, 2.05) is 6.92 Å². The second-order valence-electron chi connectivity index (χ2n) is 3.29. The van der Waals surface area contributed by atoms with Crippen LogP contribution in [0, 0.1) is 17.8 Å². The Morgan fingerprint density at radius 3 is 2.83 bits per heavy atom. The van der Waals surface area contributed by atoms with Crippen molar-refractivity contribution in [3.63, 3.8) is 0 Å². The molecule has 2 aliphatic rings. The Morgan fingerprint density at radius 2 is 2.25 bits per heavy atom. The maximum absolute atomic E-state index is 11.3. The third kappa shape index (κ3) is 1.21. The number of amides is 1. The molecule has 1 saturated heterocycles. The Morgan fingerprint density at radius 1 is 1.58 bits per heavy atom. The minimum absolute atomic E-state index is 0.0233. The molecule has 1 aliphatic heterocycles. The Kier molecular flexibility index (Phi) is 2.02. The zero-order valence-corrected chi connectivity index (χ0v) is 7.08. The molecule has 1 N–H and O–H groups in total. The smallest absolute Gasteiger partial charge is 0.247 e. The van der Waals surface area contributed by atoms with Gasteiger partial charge < -0.3 is 4.74 Å². The van der Waals surface area contributed by atoms with Crippen LogP contribution in [-0.4, -0.2) is 25.7 Å². The highest BCUT2D eigenvalue weighted by Crippen LogP contribution is 2.50. The fourth-order valence-corrected chi connectivity index (χ4v) is 1.84. The molecule has 12 heavy (non-hydrogen) atoms. The first-order valence-corrected chi connectivity index (χ1v) is 4.34. The van der Waals surface area contributed by atoms with Crippen molar-refractivity contribution in [1.82, 2.24) is 5.48 Å². The molecule has 2 unspecified atom stereocenters. The molecule has 2 atom stereocenters. The van der Waals surface area contributed by atoms with Crippen LogP contribution in [0.2, 0.25) is 0 Å². The number of carbonyl (C=O) groups is 1. The summed E-state index contributed by atoms with van der Waals surface area (Å²) >= 11 is 0. The fraction of sp³-hybridized carbons (Fsp3) is 0.875. The van der Waals surface area contributed by atoms with Crippen molar-refractivity contribution < 1.29 is 14.4 Å². The van der Waals surface area contributed by atoms with E-state index in [9.17, 15) is 4.79 Å². The molecule has 0 aromatic rings. The van der Waals surface area contributed by atoms with Crippen LogP contribution in [0.1, 0.15) is 6.92 Å². The molecule has 0 bridgehead atoms. The fourth-order valence-electron chi connectivity index (χ4n) is 1.84. The lowest BCUT2D eigenvalue weighted by molar-refractivity contribution is -0.135. The third-order valence-corrected chi connectivity index (χ3v) is 2.57. The van der Waals surface area contributed by atoms with Crippen molar-refractivity contribution >= 4 is 5.91 Å². The molecule has 0 aromatic heterocycles. The molecular formula is C8H13NO3. The summed E-state index contributed by atoms with van der Waals surface area (Å²) in [5.74, 6) is 1.11. The summed E-state index contributed by atoms with van der Waals surface area (Å²) in [6.45, 7) is 3.85. The van der Waals surface area contributed by atoms with E-state index in [0.717, 1.165) is 13.2 Å². The monoisotopic (exact) mass is 171 g/mol. The molecular weight excluding hydrogens is 158 g/mol. The number of hydrogen-bond donors (Lipinski definition) is 1. The van der Waals surface area contributed by atoms with Gasteiger partial charge in [0.05, 0.1) is 25.7 Å². The molecule has 2 rings (SSSR count). The van der Waals surface area contributed by atoms with E-state index >= 15 is 0 Å². The summed E-state index contributed by atoms with van der Waals surface area (Å²) in [7, 11) is 0. The summed E-state index contributed by atoms with van der Waals surface area (Å²) in [5, 5.41) is 0. The average Bonchev–Trinajstić information content (AvgIpc) is 2.56. The first-order chi connectivity index (χ1) is 5.84. The number of fused-ring (bicyclic) bond motifs is 1. The summed E-state index contributed by atoms with van der Waals surface area (Å²) < 4.78 is 5.17. The predicted octanol–water partition coefficient (Wildman–Crippen LogP) is -0.0535. The highest BCUT2D eigenvalue weighted by Gasteiger charge is 2.58. The number of hydrogen-bond acceptors (Lipinski definition) is 3. The molecule has 1 aliphatic carbocycles. The number of hydroxylamine groups is 1. The van der Waals surface area contributed by atoms with Crippen LogP contribution >= 0.6 is 0 Å². The lowest BCUT2D eigenvalue weighted by atomic mass is 10.3. The van der Waals surface area contributed by atoms with E-state index < -0.39 is 0 Å². The Hall–Kier alpha value is -0.610. The van der Waals surface area contributed by atoms with Crippen molar-refractivity contribution in [3.05, 3.63) is 0 Å². The van der Waals surface area contributed by atoms with Crippen molar-refractivity contribution in [1.29, 1.82) is 0 Å². The van der Waals surface area contributed by atoms with Crippen molar-refractivity contribution in [2.75, 3.05) is 19.8 Å². The molecule has 0 spiro atoms. The minimum Gasteiger partial charge on any atom is -0.381 e. The van der Waals surface area contributed by atoms with E-state index in [1.54, 1.807) is 0 Å². The standard InChI is InChI=1S/C8H13NO3/c1-2-12-9-8(10)7-5-3-11-4-6(5)7/h5-7H,2-4H2,1H3,(H,9,10). The summed E-state index contributed by atoms with van der Waals surface area (Å²) in [6.07, 6.45) is 0. The van der Waals surface area contributed by atoms with Gasteiger partial charge in [0, 0.05) is 11.8 Å². The number of rotatable bonds is 3. The van der Waals surface area contributed by atoms with E-state index in [4.69, 9.17) is 9.57 Å². The van der Waals surface area contributed by atoms with Gasteiger partial charge in [0.15, 0.2) is 0 Å². The predicted molar refractivity (Wildman–Crippen MR) is 41.1 cm³/mol. The van der Waals surface area contributed by atoms with Gasteiger partial charge in [-0.3, -0.25) is 9.63 Å². The van der Waals surface area contributed by atoms with Crippen LogP contribution in [0.15, 0.2) is 0 Å². The van der Waals surface area contributed by atoms with Gasteiger partial charge in [-0.1, -0.05) is 0 Å². The zero-order valence-electron chi connectivity index (χ0n) is 7.08. The number of nitrogens with one attached hydrogen (secondary N) is 1. The summed E-state index contributed by atoms with van der Waals surface area (Å²) in [6, 6.07) is 0. The number of ether oxygens (including phenoxy) is 1. The summed E-state index contributed by atoms with van der Waals surface area (Å²) in [4.78, 5) is 16.1. The van der Waals surface area contributed by atoms with Gasteiger partial charge in [-0.2, -0.15) is 0 Å². The first-order valence-electron chi connectivity index (χ1n) is 4.34. The number of carbonyl (C=O) groups excluding carboxylic acids is 1. The maximum atomic E-state index is 11.3. The Labute approximate surface area is 71.2 Å². The van der Waals surface area contributed by atoms with Gasteiger partial charge in [0.2, 0.25) is 5.91 Å². The van der Waals surface area contributed by atoms with Crippen molar-refractivity contribution in [2.24, 2.45) is 17.8 Å². The van der Waals surface area contributed by atoms with Crippen molar-refractivity contribution in [2.45, 2.75) is 6.92 Å². The maximum Gasteiger partial charge on any atom is 0.247 e. The Balaban J connectivity index is 1.76. The van der Waals surface area contributed by atoms with Crippen LogP contribution in [0.25, 0.3) is 0 Å². The highest BCUT2D eigenvalue weighted by atomic mass is 16.6. The third-order valence-electron chi connectivity index (χ3n) is 2.57. The van der Waals surface area contributed by atoms with Gasteiger partial charge in [-0.05, 0) is 6.92 Å². The molecule has 2 fully saturated rings. The highest BCUT2D eigenvalue weighted by molar-refractivity contribution is 5.81. The van der Waals surface area contributed by atoms with E-state index in [2.05, 4.69) is 5.48 Å². The van der Waals surface area contributed by atoms with E-state index in [-0.39, 0.29) is 11.8 Å². The van der Waals surface area contributed by atoms with Crippen LogP contribution in [-0.2, 0) is 14.4 Å². The van der Waals surface area contributed by atoms with Crippen LogP contribution < -0.4 is 5.48 Å². The van der Waals surface area contributed by atoms with Gasteiger partial charge in [-0.15, -0.1) is 0 Å². The van der Waals surface area contributed by atoms with Gasteiger partial charge in [0.25, 0.3) is 0 Å². The van der Waals surface area contributed by atoms with Gasteiger partial charge in [-0.25, -0.2) is 5.48 Å². The van der Waals surface area contributed by atoms with Gasteiger partial charge in [0.1, 0.15) is 0 Å². The zero-order chi connectivity index (χ0) is 8.55. The Bertz CT molecular complexity index is 185. The molecule has 1 amide bonds.